The van der Waals surface area contributed by atoms with Crippen molar-refractivity contribution in [2.45, 2.75) is 32.7 Å². The molecule has 0 unspecified atom stereocenters. The normalized spacial score (nSPS) is 11.7. The molecule has 0 fully saturated rings. The van der Waals surface area contributed by atoms with Gasteiger partial charge < -0.3 is 9.55 Å². The van der Waals surface area contributed by atoms with Crippen LogP contribution in [0.2, 0.25) is 0 Å². The van der Waals surface area contributed by atoms with Crippen molar-refractivity contribution in [3.8, 4) is 0 Å². The van der Waals surface area contributed by atoms with Gasteiger partial charge in [-0.15, -0.1) is 0 Å². The summed E-state index contributed by atoms with van der Waals surface area (Å²) in [6.07, 6.45) is 7.98. The van der Waals surface area contributed by atoms with Crippen LogP contribution in [0.3, 0.4) is 0 Å². The zero-order valence-electron chi connectivity index (χ0n) is 16.4. The van der Waals surface area contributed by atoms with E-state index in [4.69, 9.17) is 10.2 Å². The second-order valence-corrected chi connectivity index (χ2v) is 7.04. The molecule has 4 rings (SSSR count). The van der Waals surface area contributed by atoms with E-state index in [-0.39, 0.29) is 0 Å². The summed E-state index contributed by atoms with van der Waals surface area (Å²) in [5.41, 5.74) is 6.99. The predicted octanol–water partition coefficient (Wildman–Crippen LogP) is 4.23. The molecule has 29 heavy (non-hydrogen) atoms. The lowest BCUT2D eigenvalue weighted by atomic mass is 10.1. The summed E-state index contributed by atoms with van der Waals surface area (Å²) in [6, 6.07) is 14.3. The Morgan fingerprint density at radius 2 is 2.10 bits per heavy atom. The van der Waals surface area contributed by atoms with Crippen molar-refractivity contribution in [2.75, 3.05) is 0 Å². The van der Waals surface area contributed by atoms with Crippen LogP contribution >= 0.6 is 0 Å². The number of hydrogen-bond acceptors (Lipinski definition) is 3. The van der Waals surface area contributed by atoms with Crippen molar-refractivity contribution in [3.05, 3.63) is 71.7 Å². The monoisotopic (exact) mass is 388 g/mol. The van der Waals surface area contributed by atoms with Crippen LogP contribution in [0.4, 0.5) is 0 Å². The van der Waals surface area contributed by atoms with Gasteiger partial charge in [-0.05, 0) is 55.2 Å². The van der Waals surface area contributed by atoms with Gasteiger partial charge >= 0.3 is 0 Å². The van der Waals surface area contributed by atoms with Gasteiger partial charge in [-0.3, -0.25) is 10.0 Å². The number of hydrogen-bond donors (Lipinski definition) is 3. The molecule has 0 aliphatic rings. The Morgan fingerprint density at radius 1 is 1.24 bits per heavy atom. The van der Waals surface area contributed by atoms with Gasteiger partial charge in [-0.25, -0.2) is 10.5 Å². The number of para-hydroxylation sites is 1. The summed E-state index contributed by atoms with van der Waals surface area (Å²) >= 11 is 0. The number of fused-ring (bicyclic) bond motifs is 2. The molecule has 0 aliphatic carbocycles. The number of aromatic amines is 1. The van der Waals surface area contributed by atoms with Crippen LogP contribution in [0, 0.1) is 0 Å². The van der Waals surface area contributed by atoms with Crippen LogP contribution in [-0.2, 0) is 24.2 Å². The van der Waals surface area contributed by atoms with E-state index in [0.29, 0.717) is 0 Å². The predicted molar refractivity (Wildman–Crippen MR) is 115 cm³/mol. The van der Waals surface area contributed by atoms with Crippen molar-refractivity contribution in [1.82, 2.24) is 20.0 Å². The Labute approximate surface area is 168 Å². The maximum Gasteiger partial charge on any atom is 0.267 e. The minimum absolute atomic E-state index is 0.554. The van der Waals surface area contributed by atoms with E-state index in [1.165, 1.54) is 22.5 Å². The summed E-state index contributed by atoms with van der Waals surface area (Å²) in [4.78, 5) is 19.4. The van der Waals surface area contributed by atoms with Gasteiger partial charge in [0, 0.05) is 36.1 Å². The molecule has 0 saturated carbocycles. The first-order chi connectivity index (χ1) is 14.2. The number of benzene rings is 2. The topological polar surface area (TPSA) is 82.9 Å². The van der Waals surface area contributed by atoms with Crippen molar-refractivity contribution >= 4 is 33.9 Å². The van der Waals surface area contributed by atoms with Crippen LogP contribution in [0.15, 0.2) is 54.7 Å². The highest BCUT2D eigenvalue weighted by atomic mass is 16.5. The van der Waals surface area contributed by atoms with Gasteiger partial charge in [0.1, 0.15) is 5.82 Å². The molecule has 0 aliphatic heterocycles. The highest BCUT2D eigenvalue weighted by Crippen LogP contribution is 2.22. The van der Waals surface area contributed by atoms with E-state index in [0.717, 1.165) is 48.2 Å². The Balaban J connectivity index is 1.52. The quantitative estimate of drug-likeness (QED) is 0.252. The molecular weight excluding hydrogens is 364 g/mol. The lowest BCUT2D eigenvalue weighted by Gasteiger charge is -2.06. The molecular formula is C23H24N4O2. The van der Waals surface area contributed by atoms with E-state index < -0.39 is 5.91 Å². The maximum absolute atomic E-state index is 11.2. The number of amides is 1. The molecule has 3 N–H and O–H groups in total. The fourth-order valence-electron chi connectivity index (χ4n) is 3.83. The number of rotatable bonds is 7. The zero-order chi connectivity index (χ0) is 20.2. The molecule has 0 atom stereocenters. The number of imidazole rings is 1. The molecule has 6 nitrogen and oxygen atoms in total. The molecule has 1 amide bonds. The molecule has 0 spiro atoms. The molecule has 6 heteroatoms. The number of hydroxylamine groups is 1. The maximum atomic E-state index is 11.2. The minimum atomic E-state index is -0.554. The summed E-state index contributed by atoms with van der Waals surface area (Å²) in [7, 11) is 0. The first-order valence-electron chi connectivity index (χ1n) is 9.86. The van der Waals surface area contributed by atoms with E-state index in [1.807, 2.05) is 24.3 Å². The van der Waals surface area contributed by atoms with Crippen LogP contribution in [-0.4, -0.2) is 25.6 Å². The van der Waals surface area contributed by atoms with Gasteiger partial charge in [-0.2, -0.15) is 0 Å². The van der Waals surface area contributed by atoms with Crippen LogP contribution in [0.25, 0.3) is 28.0 Å². The number of carbonyl (C=O) groups excluding carboxylic acids is 1. The second kappa shape index (κ2) is 8.32. The number of aryl methyl sites for hydroxylation is 3. The molecule has 4 aromatic rings. The highest BCUT2D eigenvalue weighted by molar-refractivity contribution is 5.91. The minimum Gasteiger partial charge on any atom is -0.361 e. The number of nitrogens with zero attached hydrogens (tertiary/aromatic N) is 2. The lowest BCUT2D eigenvalue weighted by molar-refractivity contribution is -0.124. The van der Waals surface area contributed by atoms with E-state index in [1.54, 1.807) is 11.6 Å². The second-order valence-electron chi connectivity index (χ2n) is 7.04. The summed E-state index contributed by atoms with van der Waals surface area (Å²) in [5, 5.41) is 9.89. The summed E-state index contributed by atoms with van der Waals surface area (Å²) < 4.78 is 2.25. The summed E-state index contributed by atoms with van der Waals surface area (Å²) in [5.74, 6) is 0.527. The Bertz CT molecular complexity index is 1190. The Morgan fingerprint density at radius 3 is 2.93 bits per heavy atom. The first-order valence-corrected chi connectivity index (χ1v) is 9.86. The van der Waals surface area contributed by atoms with Gasteiger partial charge in [0.15, 0.2) is 0 Å². The number of aromatic nitrogens is 3. The van der Waals surface area contributed by atoms with E-state index in [9.17, 15) is 4.79 Å². The molecule has 0 bridgehead atoms. The third-order valence-electron chi connectivity index (χ3n) is 5.23. The summed E-state index contributed by atoms with van der Waals surface area (Å²) in [6.45, 7) is 2.99. The highest BCUT2D eigenvalue weighted by Gasteiger charge is 2.11. The fourth-order valence-corrected chi connectivity index (χ4v) is 3.83. The molecule has 148 valence electrons. The lowest BCUT2D eigenvalue weighted by Crippen LogP contribution is -2.14. The van der Waals surface area contributed by atoms with Gasteiger partial charge in [0.05, 0.1) is 11.0 Å². The van der Waals surface area contributed by atoms with Crippen LogP contribution in [0.5, 0.6) is 0 Å². The van der Waals surface area contributed by atoms with Crippen LogP contribution < -0.4 is 5.48 Å². The number of carbonyl (C=O) groups is 1. The van der Waals surface area contributed by atoms with Crippen molar-refractivity contribution in [1.29, 1.82) is 0 Å². The van der Waals surface area contributed by atoms with Gasteiger partial charge in [0.2, 0.25) is 0 Å². The van der Waals surface area contributed by atoms with Gasteiger partial charge in [-0.1, -0.05) is 24.3 Å². The van der Waals surface area contributed by atoms with Crippen molar-refractivity contribution < 1.29 is 10.0 Å². The fraction of sp³-hybridized carbons (Fsp3) is 0.217. The third-order valence-corrected chi connectivity index (χ3v) is 5.23. The average Bonchev–Trinajstić information content (AvgIpc) is 3.32. The van der Waals surface area contributed by atoms with Crippen molar-refractivity contribution in [3.63, 3.8) is 0 Å². The van der Waals surface area contributed by atoms with E-state index in [2.05, 4.69) is 40.9 Å². The average molecular weight is 388 g/mol. The van der Waals surface area contributed by atoms with Gasteiger partial charge in [0.25, 0.3) is 5.91 Å². The third kappa shape index (κ3) is 3.93. The number of nitrogens with one attached hydrogen (secondary N) is 2. The Hall–Kier alpha value is -3.38. The molecule has 2 aromatic heterocycles. The van der Waals surface area contributed by atoms with E-state index >= 15 is 0 Å². The smallest absolute Gasteiger partial charge is 0.267 e. The molecule has 0 radical (unpaired) electrons. The van der Waals surface area contributed by atoms with Crippen molar-refractivity contribution in [2.24, 2.45) is 0 Å². The molecule has 2 heterocycles. The molecule has 2 aromatic carbocycles. The Kier molecular flexibility index (Phi) is 5.44. The molecule has 0 saturated heterocycles. The zero-order valence-corrected chi connectivity index (χ0v) is 16.4. The first kappa shape index (κ1) is 19.0. The standard InChI is InChI=1S/C23H24N4O2/c1-2-27-21-12-10-16(11-13-23(28)26-29)14-20(21)25-22(27)9-5-6-17-15-24-19-8-4-3-7-18(17)19/h3-4,7-8,10-15,24,29H,2,5-6,9H2,1H3,(H,26,28). The largest absolute Gasteiger partial charge is 0.361 e. The van der Waals surface area contributed by atoms with Crippen LogP contribution in [0.1, 0.15) is 30.3 Å². The SMILES string of the molecule is CCn1c(CCCc2c[nH]c3ccccc23)nc2cc(C=CC(=O)NO)ccc21. The number of H-pyrrole nitrogens is 1.